The topological polar surface area (TPSA) is 27.1 Å². The number of methoxy groups -OCH3 is 1. The van der Waals surface area contributed by atoms with Crippen LogP contribution in [0.4, 0.5) is 26.3 Å². The predicted octanol–water partition coefficient (Wildman–Crippen LogP) is 8.73. The van der Waals surface area contributed by atoms with Crippen molar-refractivity contribution in [2.45, 2.75) is 33.1 Å². The van der Waals surface area contributed by atoms with Crippen LogP contribution in [0.3, 0.4) is 0 Å². The standard InChI is InChI=1S/C23H15ClF6N2O.C2H6/c1-12-31-19-5-3-13(9-20(19)32(12)17-4-6-21(33-2)18(24)11-17)14-7-15(22(25,26)27)10-16(8-14)23(28,29)30;1-2/h3-11H,1-2H3;1-2H3. The van der Waals surface area contributed by atoms with E-state index < -0.39 is 23.5 Å². The fourth-order valence-electron chi connectivity index (χ4n) is 3.62. The van der Waals surface area contributed by atoms with Crippen LogP contribution in [0.25, 0.3) is 27.8 Å². The van der Waals surface area contributed by atoms with Crippen LogP contribution in [0.1, 0.15) is 30.8 Å². The van der Waals surface area contributed by atoms with Gasteiger partial charge >= 0.3 is 12.4 Å². The van der Waals surface area contributed by atoms with Crippen LogP contribution in [0.5, 0.6) is 5.75 Å². The van der Waals surface area contributed by atoms with Gasteiger partial charge in [0.2, 0.25) is 0 Å². The van der Waals surface area contributed by atoms with Crippen molar-refractivity contribution in [3.63, 3.8) is 0 Å². The maximum absolute atomic E-state index is 13.3. The van der Waals surface area contributed by atoms with E-state index in [1.165, 1.54) is 19.2 Å². The van der Waals surface area contributed by atoms with E-state index in [1.807, 2.05) is 13.8 Å². The van der Waals surface area contributed by atoms with Gasteiger partial charge in [-0.25, -0.2) is 4.98 Å². The number of hydrogen-bond donors (Lipinski definition) is 0. The fraction of sp³-hybridized carbons (Fsp3) is 0.240. The van der Waals surface area contributed by atoms with Gasteiger partial charge in [0, 0.05) is 5.69 Å². The van der Waals surface area contributed by atoms with E-state index in [-0.39, 0.29) is 17.2 Å². The fourth-order valence-corrected chi connectivity index (χ4v) is 3.87. The lowest BCUT2D eigenvalue weighted by Crippen LogP contribution is -2.11. The van der Waals surface area contributed by atoms with Crippen LogP contribution in [-0.4, -0.2) is 16.7 Å². The van der Waals surface area contributed by atoms with E-state index in [4.69, 9.17) is 16.3 Å². The maximum atomic E-state index is 13.3. The minimum Gasteiger partial charge on any atom is -0.495 e. The third-order valence-corrected chi connectivity index (χ3v) is 5.43. The summed E-state index contributed by atoms with van der Waals surface area (Å²) in [5.41, 5.74) is -1.16. The summed E-state index contributed by atoms with van der Waals surface area (Å²) in [6.45, 7) is 5.73. The summed E-state index contributed by atoms with van der Waals surface area (Å²) in [4.78, 5) is 4.44. The Balaban J connectivity index is 0.00000167. The molecule has 10 heteroatoms. The molecule has 0 N–H and O–H groups in total. The number of aromatic nitrogens is 2. The number of alkyl halides is 6. The minimum atomic E-state index is -4.93. The average molecular weight is 515 g/mol. The Labute approximate surface area is 202 Å². The molecule has 0 spiro atoms. The summed E-state index contributed by atoms with van der Waals surface area (Å²) in [5.74, 6) is 1.01. The van der Waals surface area contributed by atoms with Crippen molar-refractivity contribution in [1.29, 1.82) is 0 Å². The molecule has 0 saturated carbocycles. The molecule has 4 aromatic rings. The van der Waals surface area contributed by atoms with Crippen molar-refractivity contribution in [2.75, 3.05) is 7.11 Å². The Hall–Kier alpha value is -3.20. The van der Waals surface area contributed by atoms with E-state index in [9.17, 15) is 26.3 Å². The number of hydrogen-bond acceptors (Lipinski definition) is 2. The van der Waals surface area contributed by atoms with Crippen LogP contribution < -0.4 is 4.74 Å². The zero-order valence-electron chi connectivity index (χ0n) is 19.1. The molecule has 0 atom stereocenters. The molecule has 1 aromatic heterocycles. The number of benzene rings is 3. The third kappa shape index (κ3) is 5.40. The van der Waals surface area contributed by atoms with Gasteiger partial charge in [-0.1, -0.05) is 31.5 Å². The number of halogens is 7. The highest BCUT2D eigenvalue weighted by Crippen LogP contribution is 2.39. The summed E-state index contributed by atoms with van der Waals surface area (Å²) in [5, 5.41) is 0.333. The summed E-state index contributed by atoms with van der Waals surface area (Å²) in [6.07, 6.45) is -9.86. The SMILES string of the molecule is CC.COc1ccc(-n2c(C)nc3ccc(-c4cc(C(F)(F)F)cc(C(F)(F)F)c4)cc32)cc1Cl. The highest BCUT2D eigenvalue weighted by molar-refractivity contribution is 6.32. The lowest BCUT2D eigenvalue weighted by Gasteiger charge is -2.15. The van der Waals surface area contributed by atoms with Gasteiger partial charge in [-0.15, -0.1) is 0 Å². The van der Waals surface area contributed by atoms with Gasteiger partial charge in [0.1, 0.15) is 11.6 Å². The molecule has 186 valence electrons. The van der Waals surface area contributed by atoms with Crippen molar-refractivity contribution in [1.82, 2.24) is 9.55 Å². The van der Waals surface area contributed by atoms with Crippen molar-refractivity contribution in [3.8, 4) is 22.6 Å². The van der Waals surface area contributed by atoms with Gasteiger partial charge in [0.05, 0.1) is 34.3 Å². The lowest BCUT2D eigenvalue weighted by atomic mass is 9.98. The van der Waals surface area contributed by atoms with Crippen molar-refractivity contribution >= 4 is 22.6 Å². The molecular weight excluding hydrogens is 494 g/mol. The average Bonchev–Trinajstić information content (AvgIpc) is 3.13. The van der Waals surface area contributed by atoms with Gasteiger partial charge in [0.15, 0.2) is 0 Å². The Morgan fingerprint density at radius 3 is 1.91 bits per heavy atom. The van der Waals surface area contributed by atoms with E-state index in [2.05, 4.69) is 4.98 Å². The number of rotatable bonds is 3. The summed E-state index contributed by atoms with van der Waals surface area (Å²) in [6, 6.07) is 11.0. The maximum Gasteiger partial charge on any atom is 0.416 e. The first kappa shape index (κ1) is 26.4. The van der Waals surface area contributed by atoms with Crippen LogP contribution >= 0.6 is 11.6 Å². The van der Waals surface area contributed by atoms with Gasteiger partial charge in [-0.2, -0.15) is 26.3 Å². The zero-order chi connectivity index (χ0) is 26.1. The molecule has 3 aromatic carbocycles. The Morgan fingerprint density at radius 2 is 1.40 bits per heavy atom. The lowest BCUT2D eigenvalue weighted by molar-refractivity contribution is -0.143. The molecule has 35 heavy (non-hydrogen) atoms. The molecule has 0 unspecified atom stereocenters. The highest BCUT2D eigenvalue weighted by Gasteiger charge is 2.37. The largest absolute Gasteiger partial charge is 0.495 e. The first-order valence-corrected chi connectivity index (χ1v) is 10.9. The van der Waals surface area contributed by atoms with Crippen LogP contribution in [0, 0.1) is 6.92 Å². The number of aryl methyl sites for hydroxylation is 1. The van der Waals surface area contributed by atoms with Gasteiger partial charge in [0.25, 0.3) is 0 Å². The van der Waals surface area contributed by atoms with Crippen LogP contribution in [0.15, 0.2) is 54.6 Å². The minimum absolute atomic E-state index is 0.107. The van der Waals surface area contributed by atoms with Crippen molar-refractivity contribution < 1.29 is 31.1 Å². The van der Waals surface area contributed by atoms with E-state index in [0.717, 1.165) is 0 Å². The summed E-state index contributed by atoms with van der Waals surface area (Å²) in [7, 11) is 1.47. The quantitative estimate of drug-likeness (QED) is 0.256. The number of nitrogens with zero attached hydrogens (tertiary/aromatic N) is 2. The first-order valence-electron chi connectivity index (χ1n) is 10.5. The normalized spacial score (nSPS) is 11.9. The third-order valence-electron chi connectivity index (χ3n) is 5.14. The molecular formula is C25H21ClF6N2O. The summed E-state index contributed by atoms with van der Waals surface area (Å²) >= 11 is 6.23. The molecule has 0 saturated heterocycles. The second-order valence-electron chi connectivity index (χ2n) is 7.31. The molecule has 0 aliphatic carbocycles. The molecule has 4 rings (SSSR count). The van der Waals surface area contributed by atoms with E-state index in [1.54, 1.807) is 35.8 Å². The molecule has 0 amide bonds. The Bertz CT molecular complexity index is 1330. The highest BCUT2D eigenvalue weighted by atomic mass is 35.5. The van der Waals surface area contributed by atoms with E-state index >= 15 is 0 Å². The first-order chi connectivity index (χ1) is 16.4. The van der Waals surface area contributed by atoms with Gasteiger partial charge in [-0.05, 0) is 66.6 Å². The predicted molar refractivity (Wildman–Crippen MR) is 124 cm³/mol. The molecule has 0 radical (unpaired) electrons. The van der Waals surface area contributed by atoms with Gasteiger partial charge < -0.3 is 4.74 Å². The smallest absolute Gasteiger partial charge is 0.416 e. The molecule has 0 aliphatic heterocycles. The molecule has 0 fully saturated rings. The van der Waals surface area contributed by atoms with Crippen molar-refractivity contribution in [2.24, 2.45) is 0 Å². The van der Waals surface area contributed by atoms with E-state index in [0.29, 0.717) is 45.5 Å². The number of ether oxygens (including phenoxy) is 1. The van der Waals surface area contributed by atoms with Crippen LogP contribution in [-0.2, 0) is 12.4 Å². The van der Waals surface area contributed by atoms with Crippen LogP contribution in [0.2, 0.25) is 5.02 Å². The molecule has 1 heterocycles. The molecule has 3 nitrogen and oxygen atoms in total. The Morgan fingerprint density at radius 1 is 0.800 bits per heavy atom. The zero-order valence-corrected chi connectivity index (χ0v) is 19.9. The molecule has 0 aliphatic rings. The monoisotopic (exact) mass is 514 g/mol. The second-order valence-corrected chi connectivity index (χ2v) is 7.72. The molecule has 0 bridgehead atoms. The summed E-state index contributed by atoms with van der Waals surface area (Å²) < 4.78 is 86.6. The van der Waals surface area contributed by atoms with Gasteiger partial charge in [-0.3, -0.25) is 4.57 Å². The number of fused-ring (bicyclic) bond motifs is 1. The second kappa shape index (κ2) is 9.81. The Kier molecular flexibility index (Phi) is 7.40. The number of imidazole rings is 1. The van der Waals surface area contributed by atoms with Crippen molar-refractivity contribution in [3.05, 3.63) is 76.6 Å².